The predicted molar refractivity (Wildman–Crippen MR) is 79.3 cm³/mol. The summed E-state index contributed by atoms with van der Waals surface area (Å²) in [5.74, 6) is 0. The lowest BCUT2D eigenvalue weighted by Gasteiger charge is -2.03. The number of nitrogens with one attached hydrogen (secondary N) is 2. The molecule has 0 aliphatic rings. The van der Waals surface area contributed by atoms with Crippen LogP contribution in [0.3, 0.4) is 0 Å². The Morgan fingerprint density at radius 2 is 1.76 bits per heavy atom. The van der Waals surface area contributed by atoms with Gasteiger partial charge in [-0.3, -0.25) is 10.1 Å². The van der Waals surface area contributed by atoms with Crippen LogP contribution in [0.5, 0.6) is 0 Å². The van der Waals surface area contributed by atoms with Crippen LogP contribution in [0.4, 0.5) is 16.2 Å². The molecule has 2 aromatic rings. The summed E-state index contributed by atoms with van der Waals surface area (Å²) < 4.78 is 0. The first-order chi connectivity index (χ1) is 10.2. The third-order valence-electron chi connectivity index (χ3n) is 2.53. The molecule has 0 spiro atoms. The van der Waals surface area contributed by atoms with E-state index in [0.717, 1.165) is 0 Å². The van der Waals surface area contributed by atoms with Crippen LogP contribution >= 0.6 is 0 Å². The number of hydrogen-bond acceptors (Lipinski definition) is 4. The SMILES string of the molecule is O=C(N/N=C/c1ccccc1[N+](=O)[O-])Nc1ccccc1. The predicted octanol–water partition coefficient (Wildman–Crippen LogP) is 2.75. The highest BCUT2D eigenvalue weighted by Gasteiger charge is 2.09. The van der Waals surface area contributed by atoms with Gasteiger partial charge in [-0.2, -0.15) is 5.10 Å². The number of carbonyl (C=O) groups excluding carboxylic acids is 1. The normalized spacial score (nSPS) is 10.3. The number of rotatable bonds is 4. The van der Waals surface area contributed by atoms with E-state index in [-0.39, 0.29) is 5.69 Å². The van der Waals surface area contributed by atoms with Gasteiger partial charge in [0.05, 0.1) is 16.7 Å². The topological polar surface area (TPSA) is 96.6 Å². The largest absolute Gasteiger partial charge is 0.339 e. The van der Waals surface area contributed by atoms with Gasteiger partial charge in [-0.25, -0.2) is 10.2 Å². The van der Waals surface area contributed by atoms with Crippen molar-refractivity contribution < 1.29 is 9.72 Å². The van der Waals surface area contributed by atoms with Gasteiger partial charge < -0.3 is 5.32 Å². The summed E-state index contributed by atoms with van der Waals surface area (Å²) in [4.78, 5) is 21.8. The van der Waals surface area contributed by atoms with E-state index in [4.69, 9.17) is 0 Å². The molecule has 0 heterocycles. The molecule has 0 radical (unpaired) electrons. The molecule has 2 N–H and O–H groups in total. The molecule has 0 aliphatic carbocycles. The van der Waals surface area contributed by atoms with Crippen molar-refractivity contribution in [3.05, 3.63) is 70.3 Å². The Balaban J connectivity index is 1.97. The Hall–Kier alpha value is -3.22. The maximum atomic E-state index is 11.6. The van der Waals surface area contributed by atoms with Crippen LogP contribution in [0.1, 0.15) is 5.56 Å². The molecule has 106 valence electrons. The number of nitro benzene ring substituents is 1. The molecule has 7 heteroatoms. The van der Waals surface area contributed by atoms with Crippen molar-refractivity contribution in [2.24, 2.45) is 5.10 Å². The van der Waals surface area contributed by atoms with Crippen molar-refractivity contribution >= 4 is 23.6 Å². The molecule has 21 heavy (non-hydrogen) atoms. The fourth-order valence-corrected chi connectivity index (χ4v) is 1.60. The zero-order valence-corrected chi connectivity index (χ0v) is 10.9. The third-order valence-corrected chi connectivity index (χ3v) is 2.53. The number of nitrogens with zero attached hydrogens (tertiary/aromatic N) is 2. The molecule has 0 fully saturated rings. The lowest BCUT2D eigenvalue weighted by atomic mass is 10.2. The summed E-state index contributed by atoms with van der Waals surface area (Å²) in [6.07, 6.45) is 1.22. The van der Waals surface area contributed by atoms with Crippen molar-refractivity contribution in [1.29, 1.82) is 0 Å². The molecule has 2 aromatic carbocycles. The number of hydrogen-bond donors (Lipinski definition) is 2. The van der Waals surface area contributed by atoms with Gasteiger partial charge >= 0.3 is 6.03 Å². The first-order valence-electron chi connectivity index (χ1n) is 6.05. The van der Waals surface area contributed by atoms with Gasteiger partial charge in [-0.15, -0.1) is 0 Å². The second-order valence-corrected chi connectivity index (χ2v) is 4.01. The number of anilines is 1. The molecule has 0 saturated heterocycles. The summed E-state index contributed by atoms with van der Waals surface area (Å²) in [5.41, 5.74) is 3.09. The smallest absolute Gasteiger partial charge is 0.307 e. The average molecular weight is 284 g/mol. The van der Waals surface area contributed by atoms with Crippen molar-refractivity contribution in [1.82, 2.24) is 5.43 Å². The quantitative estimate of drug-likeness (QED) is 0.513. The van der Waals surface area contributed by atoms with Gasteiger partial charge in [0, 0.05) is 11.8 Å². The molecule has 0 unspecified atom stereocenters. The lowest BCUT2D eigenvalue weighted by Crippen LogP contribution is -2.24. The van der Waals surface area contributed by atoms with E-state index in [2.05, 4.69) is 15.8 Å². The van der Waals surface area contributed by atoms with Crippen LogP contribution in [0.2, 0.25) is 0 Å². The molecular weight excluding hydrogens is 272 g/mol. The van der Waals surface area contributed by atoms with Crippen molar-refractivity contribution in [3.63, 3.8) is 0 Å². The zero-order valence-electron chi connectivity index (χ0n) is 10.9. The molecule has 0 bridgehead atoms. The number of hydrazone groups is 1. The minimum atomic E-state index is -0.531. The van der Waals surface area contributed by atoms with Crippen LogP contribution in [0.25, 0.3) is 0 Å². The van der Waals surface area contributed by atoms with Gasteiger partial charge in [0.2, 0.25) is 0 Å². The third kappa shape index (κ3) is 4.13. The highest BCUT2D eigenvalue weighted by molar-refractivity contribution is 5.91. The van der Waals surface area contributed by atoms with Gasteiger partial charge in [0.25, 0.3) is 5.69 Å². The highest BCUT2D eigenvalue weighted by atomic mass is 16.6. The first-order valence-corrected chi connectivity index (χ1v) is 6.05. The van der Waals surface area contributed by atoms with Crippen molar-refractivity contribution in [3.8, 4) is 0 Å². The Labute approximate surface area is 120 Å². The Morgan fingerprint density at radius 1 is 1.10 bits per heavy atom. The summed E-state index contributed by atoms with van der Waals surface area (Å²) >= 11 is 0. The highest BCUT2D eigenvalue weighted by Crippen LogP contribution is 2.15. The number of amides is 2. The van der Waals surface area contributed by atoms with Crippen LogP contribution in [0, 0.1) is 10.1 Å². The number of carbonyl (C=O) groups is 1. The number of benzene rings is 2. The van der Waals surface area contributed by atoms with Crippen molar-refractivity contribution in [2.75, 3.05) is 5.32 Å². The van der Waals surface area contributed by atoms with Gasteiger partial charge in [0.1, 0.15) is 0 Å². The second kappa shape index (κ2) is 6.80. The minimum Gasteiger partial charge on any atom is -0.307 e. The fraction of sp³-hybridized carbons (Fsp3) is 0. The van der Waals surface area contributed by atoms with Crippen molar-refractivity contribution in [2.45, 2.75) is 0 Å². The lowest BCUT2D eigenvalue weighted by molar-refractivity contribution is -0.385. The molecule has 0 saturated carbocycles. The number of nitro groups is 1. The number of urea groups is 1. The number of para-hydroxylation sites is 2. The Bertz CT molecular complexity index is 671. The van der Waals surface area contributed by atoms with E-state index in [1.807, 2.05) is 6.07 Å². The molecule has 2 rings (SSSR count). The zero-order chi connectivity index (χ0) is 15.1. The van der Waals surface area contributed by atoms with Crippen LogP contribution in [-0.4, -0.2) is 17.2 Å². The standard InChI is InChI=1S/C14H12N4O3/c19-14(16-12-7-2-1-3-8-12)17-15-10-11-6-4-5-9-13(11)18(20)21/h1-10H,(H2,16,17,19)/b15-10+. The molecule has 2 amide bonds. The van der Waals surface area contributed by atoms with E-state index in [9.17, 15) is 14.9 Å². The maximum absolute atomic E-state index is 11.6. The van der Waals surface area contributed by atoms with E-state index in [0.29, 0.717) is 11.3 Å². The van der Waals surface area contributed by atoms with Gasteiger partial charge in [0.15, 0.2) is 0 Å². The fourth-order valence-electron chi connectivity index (χ4n) is 1.60. The maximum Gasteiger partial charge on any atom is 0.339 e. The van der Waals surface area contributed by atoms with Crippen LogP contribution in [0.15, 0.2) is 59.7 Å². The van der Waals surface area contributed by atoms with Crippen LogP contribution < -0.4 is 10.7 Å². The first kappa shape index (κ1) is 14.2. The molecule has 0 aliphatic heterocycles. The van der Waals surface area contributed by atoms with Crippen LogP contribution in [-0.2, 0) is 0 Å². The second-order valence-electron chi connectivity index (χ2n) is 4.01. The van der Waals surface area contributed by atoms with Gasteiger partial charge in [-0.1, -0.05) is 30.3 Å². The summed E-state index contributed by atoms with van der Waals surface area (Å²) in [6.45, 7) is 0. The monoisotopic (exact) mass is 284 g/mol. The Morgan fingerprint density at radius 3 is 2.48 bits per heavy atom. The Kier molecular flexibility index (Phi) is 4.60. The molecule has 7 nitrogen and oxygen atoms in total. The van der Waals surface area contributed by atoms with Gasteiger partial charge in [-0.05, 0) is 18.2 Å². The molecule has 0 atom stereocenters. The molecular formula is C14H12N4O3. The minimum absolute atomic E-state index is 0.0773. The van der Waals surface area contributed by atoms with E-state index >= 15 is 0 Å². The summed E-state index contributed by atoms with van der Waals surface area (Å²) in [6, 6.07) is 14.4. The van der Waals surface area contributed by atoms with E-state index in [1.54, 1.807) is 42.5 Å². The average Bonchev–Trinajstić information content (AvgIpc) is 2.48. The summed E-state index contributed by atoms with van der Waals surface area (Å²) in [5, 5.41) is 17.1. The molecule has 0 aromatic heterocycles. The summed E-state index contributed by atoms with van der Waals surface area (Å²) in [7, 11) is 0. The van der Waals surface area contributed by atoms with E-state index < -0.39 is 11.0 Å². The van der Waals surface area contributed by atoms with E-state index in [1.165, 1.54) is 12.3 Å².